The molecule has 0 aromatic heterocycles. The van der Waals surface area contributed by atoms with Crippen molar-refractivity contribution in [1.82, 2.24) is 0 Å². The van der Waals surface area contributed by atoms with Crippen LogP contribution in [0.4, 0.5) is 36.4 Å². The van der Waals surface area contributed by atoms with E-state index in [0.717, 1.165) is 6.21 Å². The number of ether oxygens (including phenoxy) is 2. The van der Waals surface area contributed by atoms with E-state index in [0.29, 0.717) is 27.2 Å². The molecule has 0 bridgehead atoms. The molecule has 0 saturated carbocycles. The summed E-state index contributed by atoms with van der Waals surface area (Å²) in [6, 6.07) is 3.02. The first kappa shape index (κ1) is 23.0. The lowest BCUT2D eigenvalue weighted by Gasteiger charge is -2.13. The standard InChI is InChI=1S/C17H12F7IN2O2/c1-3-29-9-5-7(4-8(25)16(9)28-2)6-26-27-15-13(20)11(18)10(17(22,23)24)12(19)14(15)21/h4-6,27H,3H2,1-2H3/b26-6-. The summed E-state index contributed by atoms with van der Waals surface area (Å²) in [4.78, 5) is 0. The van der Waals surface area contributed by atoms with Crippen LogP contribution in [0.15, 0.2) is 17.2 Å². The third-order valence-electron chi connectivity index (χ3n) is 3.47. The molecule has 0 aliphatic carbocycles. The van der Waals surface area contributed by atoms with E-state index in [1.54, 1.807) is 18.4 Å². The number of hydrazone groups is 1. The van der Waals surface area contributed by atoms with Crippen LogP contribution in [0.25, 0.3) is 0 Å². The molecule has 0 atom stereocenters. The molecule has 0 unspecified atom stereocenters. The maximum Gasteiger partial charge on any atom is 0.422 e. The molecule has 0 amide bonds. The Bertz CT molecular complexity index is 920. The van der Waals surface area contributed by atoms with Gasteiger partial charge in [-0.1, -0.05) is 0 Å². The summed E-state index contributed by atoms with van der Waals surface area (Å²) in [5, 5.41) is 3.44. The average Bonchev–Trinajstić information content (AvgIpc) is 2.62. The van der Waals surface area contributed by atoms with E-state index in [-0.39, 0.29) is 0 Å². The molecule has 12 heteroatoms. The molecular formula is C17H12F7IN2O2. The molecule has 0 heterocycles. The largest absolute Gasteiger partial charge is 0.492 e. The summed E-state index contributed by atoms with van der Waals surface area (Å²) in [7, 11) is 1.43. The van der Waals surface area contributed by atoms with Gasteiger partial charge in [0.2, 0.25) is 0 Å². The van der Waals surface area contributed by atoms with Crippen LogP contribution in [0.2, 0.25) is 0 Å². The van der Waals surface area contributed by atoms with Crippen molar-refractivity contribution in [2.24, 2.45) is 5.10 Å². The van der Waals surface area contributed by atoms with E-state index in [1.165, 1.54) is 13.2 Å². The summed E-state index contributed by atoms with van der Waals surface area (Å²) < 4.78 is 104. The zero-order chi connectivity index (χ0) is 21.9. The van der Waals surface area contributed by atoms with Gasteiger partial charge in [0.25, 0.3) is 0 Å². The molecule has 1 N–H and O–H groups in total. The molecule has 0 aliphatic rings. The van der Waals surface area contributed by atoms with Crippen LogP contribution in [0, 0.1) is 26.8 Å². The highest BCUT2D eigenvalue weighted by Gasteiger charge is 2.42. The van der Waals surface area contributed by atoms with Crippen molar-refractivity contribution in [3.63, 3.8) is 0 Å². The van der Waals surface area contributed by atoms with Gasteiger partial charge in [-0.05, 0) is 47.2 Å². The maximum absolute atomic E-state index is 13.8. The molecule has 2 rings (SSSR count). The number of benzene rings is 2. The highest BCUT2D eigenvalue weighted by Crippen LogP contribution is 2.38. The number of hydrogen-bond acceptors (Lipinski definition) is 4. The highest BCUT2D eigenvalue weighted by atomic mass is 127. The quantitative estimate of drug-likeness (QED) is 0.169. The van der Waals surface area contributed by atoms with Crippen LogP contribution in [-0.2, 0) is 6.18 Å². The van der Waals surface area contributed by atoms with E-state index in [4.69, 9.17) is 9.47 Å². The number of hydrogen-bond donors (Lipinski definition) is 1. The van der Waals surface area contributed by atoms with E-state index in [2.05, 4.69) is 5.10 Å². The minimum absolute atomic E-state index is 0.311. The third kappa shape index (κ3) is 4.85. The smallest absolute Gasteiger partial charge is 0.422 e. The van der Waals surface area contributed by atoms with Crippen molar-refractivity contribution < 1.29 is 40.2 Å². The molecule has 2 aromatic carbocycles. The van der Waals surface area contributed by atoms with Gasteiger partial charge in [-0.2, -0.15) is 18.3 Å². The number of methoxy groups -OCH3 is 1. The molecule has 0 spiro atoms. The van der Waals surface area contributed by atoms with Gasteiger partial charge in [-0.3, -0.25) is 5.43 Å². The number of rotatable bonds is 6. The predicted molar refractivity (Wildman–Crippen MR) is 99.4 cm³/mol. The number of nitrogens with one attached hydrogen (secondary N) is 1. The zero-order valence-corrected chi connectivity index (χ0v) is 16.9. The van der Waals surface area contributed by atoms with Crippen LogP contribution >= 0.6 is 22.6 Å². The Morgan fingerprint density at radius 1 is 1.07 bits per heavy atom. The molecule has 0 fully saturated rings. The van der Waals surface area contributed by atoms with Crippen molar-refractivity contribution in [2.45, 2.75) is 13.1 Å². The lowest BCUT2D eigenvalue weighted by atomic mass is 10.1. The van der Waals surface area contributed by atoms with Gasteiger partial charge in [0.15, 0.2) is 34.8 Å². The number of anilines is 1. The van der Waals surface area contributed by atoms with Gasteiger partial charge in [-0.15, -0.1) is 0 Å². The molecular weight excluding hydrogens is 524 g/mol. The fourth-order valence-corrected chi connectivity index (χ4v) is 3.12. The van der Waals surface area contributed by atoms with Gasteiger partial charge < -0.3 is 9.47 Å². The zero-order valence-electron chi connectivity index (χ0n) is 14.7. The molecule has 0 radical (unpaired) electrons. The molecule has 4 nitrogen and oxygen atoms in total. The van der Waals surface area contributed by atoms with Gasteiger partial charge >= 0.3 is 6.18 Å². The second-order valence-electron chi connectivity index (χ2n) is 5.34. The second-order valence-corrected chi connectivity index (χ2v) is 6.50. The van der Waals surface area contributed by atoms with Gasteiger partial charge in [0, 0.05) is 0 Å². The Hall–Kier alpha value is -2.25. The Labute approximate surface area is 173 Å². The maximum atomic E-state index is 13.8. The first-order valence-electron chi connectivity index (χ1n) is 7.75. The highest BCUT2D eigenvalue weighted by molar-refractivity contribution is 14.1. The van der Waals surface area contributed by atoms with E-state index in [1.807, 2.05) is 22.6 Å². The van der Waals surface area contributed by atoms with Crippen LogP contribution in [-0.4, -0.2) is 19.9 Å². The van der Waals surface area contributed by atoms with Gasteiger partial charge in [-0.25, -0.2) is 17.6 Å². The Kier molecular flexibility index (Phi) is 7.19. The minimum Gasteiger partial charge on any atom is -0.492 e. The minimum atomic E-state index is -5.62. The third-order valence-corrected chi connectivity index (χ3v) is 4.27. The SMILES string of the molecule is CCOc1cc(/C=N\Nc2c(F)c(F)c(C(F)(F)F)c(F)c2F)cc(I)c1OC. The number of alkyl halides is 3. The first-order chi connectivity index (χ1) is 13.5. The molecule has 2 aromatic rings. The van der Waals surface area contributed by atoms with E-state index in [9.17, 15) is 30.7 Å². The van der Waals surface area contributed by atoms with Crippen LogP contribution in [0.3, 0.4) is 0 Å². The van der Waals surface area contributed by atoms with Crippen LogP contribution < -0.4 is 14.9 Å². The summed E-state index contributed by atoms with van der Waals surface area (Å²) in [6.45, 7) is 2.04. The molecule has 0 aliphatic heterocycles. The van der Waals surface area contributed by atoms with E-state index >= 15 is 0 Å². The predicted octanol–water partition coefficient (Wildman–Crippen LogP) is 5.72. The fourth-order valence-electron chi connectivity index (χ4n) is 2.27. The van der Waals surface area contributed by atoms with E-state index < -0.39 is 40.7 Å². The molecule has 158 valence electrons. The Morgan fingerprint density at radius 2 is 1.66 bits per heavy atom. The Balaban J connectivity index is 2.39. The van der Waals surface area contributed by atoms with Crippen molar-refractivity contribution in [3.8, 4) is 11.5 Å². The van der Waals surface area contributed by atoms with Crippen LogP contribution in [0.1, 0.15) is 18.1 Å². The molecule has 29 heavy (non-hydrogen) atoms. The fraction of sp³-hybridized carbons (Fsp3) is 0.235. The summed E-state index contributed by atoms with van der Waals surface area (Å²) >= 11 is 1.93. The second kappa shape index (κ2) is 9.05. The topological polar surface area (TPSA) is 42.8 Å². The summed E-state index contributed by atoms with van der Waals surface area (Å²) in [5.41, 5.74) is -2.13. The summed E-state index contributed by atoms with van der Waals surface area (Å²) in [5.74, 6) is -8.90. The van der Waals surface area contributed by atoms with Gasteiger partial charge in [0.05, 0.1) is 23.5 Å². The lowest BCUT2D eigenvalue weighted by Crippen LogP contribution is -2.16. The molecule has 0 saturated heterocycles. The normalized spacial score (nSPS) is 11.8. The van der Waals surface area contributed by atoms with Crippen molar-refractivity contribution in [1.29, 1.82) is 0 Å². The number of halogens is 8. The van der Waals surface area contributed by atoms with Crippen molar-refractivity contribution in [3.05, 3.63) is 50.1 Å². The van der Waals surface area contributed by atoms with Crippen LogP contribution in [0.5, 0.6) is 11.5 Å². The first-order valence-corrected chi connectivity index (χ1v) is 8.83. The number of nitrogens with zero attached hydrogens (tertiary/aromatic N) is 1. The van der Waals surface area contributed by atoms with Gasteiger partial charge in [0.1, 0.15) is 11.3 Å². The lowest BCUT2D eigenvalue weighted by molar-refractivity contribution is -0.143. The Morgan fingerprint density at radius 3 is 2.14 bits per heavy atom. The monoisotopic (exact) mass is 536 g/mol. The average molecular weight is 536 g/mol. The van der Waals surface area contributed by atoms with Crippen molar-refractivity contribution >= 4 is 34.5 Å². The van der Waals surface area contributed by atoms with Crippen molar-refractivity contribution in [2.75, 3.05) is 19.1 Å². The summed E-state index contributed by atoms with van der Waals surface area (Å²) in [6.07, 6.45) is -4.59.